The van der Waals surface area contributed by atoms with E-state index >= 15 is 0 Å². The molecule has 0 unspecified atom stereocenters. The van der Waals surface area contributed by atoms with Crippen LogP contribution in [0.25, 0.3) is 10.8 Å². The Labute approximate surface area is 134 Å². The average Bonchev–Trinajstić information content (AvgIpc) is 2.44. The van der Waals surface area contributed by atoms with Crippen molar-refractivity contribution in [3.63, 3.8) is 0 Å². The summed E-state index contributed by atoms with van der Waals surface area (Å²) in [5.74, 6) is 0.247. The van der Waals surface area contributed by atoms with E-state index in [1.165, 1.54) is 7.11 Å². The summed E-state index contributed by atoms with van der Waals surface area (Å²) in [6.45, 7) is 0. The minimum atomic E-state index is -0.183. The van der Waals surface area contributed by atoms with Gasteiger partial charge in [-0.2, -0.15) is 0 Å². The van der Waals surface area contributed by atoms with Crippen molar-refractivity contribution in [1.29, 1.82) is 0 Å². The monoisotopic (exact) mass is 370 g/mol. The van der Waals surface area contributed by atoms with Gasteiger partial charge < -0.3 is 9.47 Å². The lowest BCUT2D eigenvalue weighted by Crippen LogP contribution is -2.39. The number of aromatic nitrogens is 2. The van der Waals surface area contributed by atoms with Crippen LogP contribution in [0.2, 0.25) is 5.15 Å². The van der Waals surface area contributed by atoms with E-state index in [-0.39, 0.29) is 18.0 Å². The molecule has 3 rings (SSSR count). The molecule has 1 aliphatic rings. The van der Waals surface area contributed by atoms with Crippen LogP contribution in [0.5, 0.6) is 5.88 Å². The second-order valence-electron chi connectivity index (χ2n) is 4.90. The van der Waals surface area contributed by atoms with Crippen molar-refractivity contribution in [3.8, 4) is 5.88 Å². The van der Waals surface area contributed by atoms with E-state index in [1.807, 2.05) is 0 Å². The van der Waals surface area contributed by atoms with Gasteiger partial charge in [-0.25, -0.2) is 9.97 Å². The number of fused-ring (bicyclic) bond motifs is 1. The fourth-order valence-electron chi connectivity index (χ4n) is 2.33. The first-order valence-corrected chi connectivity index (χ1v) is 7.60. The third-order valence-electron chi connectivity index (χ3n) is 3.56. The molecule has 0 aromatic carbocycles. The lowest BCUT2D eigenvalue weighted by molar-refractivity contribution is -0.151. The second-order valence-corrected chi connectivity index (χ2v) is 6.14. The van der Waals surface area contributed by atoms with Gasteiger partial charge in [-0.3, -0.25) is 4.79 Å². The Morgan fingerprint density at radius 1 is 1.33 bits per heavy atom. The van der Waals surface area contributed by atoms with Crippen LogP contribution in [0.1, 0.15) is 12.8 Å². The minimum absolute atomic E-state index is 0.0262. The van der Waals surface area contributed by atoms with Gasteiger partial charge >= 0.3 is 5.97 Å². The smallest absolute Gasteiger partial charge is 0.308 e. The molecule has 1 fully saturated rings. The summed E-state index contributed by atoms with van der Waals surface area (Å²) in [6, 6.07) is 1.76. The van der Waals surface area contributed by atoms with Gasteiger partial charge in [0.05, 0.1) is 18.4 Å². The van der Waals surface area contributed by atoms with Gasteiger partial charge in [-0.1, -0.05) is 11.6 Å². The second kappa shape index (κ2) is 5.77. The number of ether oxygens (including phenoxy) is 2. The zero-order valence-corrected chi connectivity index (χ0v) is 13.5. The van der Waals surface area contributed by atoms with Crippen molar-refractivity contribution in [2.45, 2.75) is 18.9 Å². The van der Waals surface area contributed by atoms with Crippen LogP contribution >= 0.6 is 27.5 Å². The molecule has 5 nitrogen and oxygen atoms in total. The summed E-state index contributed by atoms with van der Waals surface area (Å²) in [7, 11) is 1.40. The molecule has 0 aliphatic heterocycles. The first-order chi connectivity index (χ1) is 10.1. The molecule has 2 aromatic rings. The van der Waals surface area contributed by atoms with E-state index in [0.29, 0.717) is 23.9 Å². The van der Waals surface area contributed by atoms with Crippen molar-refractivity contribution in [2.75, 3.05) is 7.11 Å². The van der Waals surface area contributed by atoms with Crippen molar-refractivity contribution >= 4 is 44.3 Å². The van der Waals surface area contributed by atoms with Gasteiger partial charge in [-0.05, 0) is 34.8 Å². The van der Waals surface area contributed by atoms with Crippen molar-refractivity contribution in [1.82, 2.24) is 9.97 Å². The molecule has 1 saturated carbocycles. The summed E-state index contributed by atoms with van der Waals surface area (Å²) < 4.78 is 11.4. The summed E-state index contributed by atoms with van der Waals surface area (Å²) in [6.07, 6.45) is 4.58. The summed E-state index contributed by atoms with van der Waals surface area (Å²) >= 11 is 9.35. The van der Waals surface area contributed by atoms with E-state index in [0.717, 1.165) is 15.2 Å². The number of carbonyl (C=O) groups excluding carboxylic acids is 1. The van der Waals surface area contributed by atoms with E-state index in [1.54, 1.807) is 18.5 Å². The Morgan fingerprint density at radius 3 is 2.81 bits per heavy atom. The van der Waals surface area contributed by atoms with Gasteiger partial charge in [0.1, 0.15) is 11.3 Å². The SMILES string of the molecule is COC(=O)C1CC(Oc2ncc(Br)c3cc(Cl)ncc23)C1. The summed E-state index contributed by atoms with van der Waals surface area (Å²) in [4.78, 5) is 19.7. The maximum absolute atomic E-state index is 11.4. The lowest BCUT2D eigenvalue weighted by atomic mass is 9.82. The number of hydrogen-bond acceptors (Lipinski definition) is 5. The van der Waals surface area contributed by atoms with E-state index in [2.05, 4.69) is 25.9 Å². The molecule has 0 atom stereocenters. The lowest BCUT2D eigenvalue weighted by Gasteiger charge is -2.33. The molecule has 0 radical (unpaired) electrons. The zero-order chi connectivity index (χ0) is 15.0. The molecule has 2 heterocycles. The van der Waals surface area contributed by atoms with E-state index < -0.39 is 0 Å². The number of carbonyl (C=O) groups is 1. The Hall–Kier alpha value is -1.40. The molecule has 2 aromatic heterocycles. The van der Waals surface area contributed by atoms with Crippen molar-refractivity contribution in [2.24, 2.45) is 5.92 Å². The van der Waals surface area contributed by atoms with Crippen LogP contribution in [0.3, 0.4) is 0 Å². The number of methoxy groups -OCH3 is 1. The maximum atomic E-state index is 11.4. The molecule has 110 valence electrons. The number of rotatable bonds is 3. The summed E-state index contributed by atoms with van der Waals surface area (Å²) in [5.41, 5.74) is 0. The highest BCUT2D eigenvalue weighted by Crippen LogP contribution is 2.35. The van der Waals surface area contributed by atoms with Gasteiger partial charge in [0.2, 0.25) is 5.88 Å². The Balaban J connectivity index is 1.80. The van der Waals surface area contributed by atoms with Crippen molar-refractivity contribution in [3.05, 3.63) is 28.1 Å². The van der Waals surface area contributed by atoms with E-state index in [4.69, 9.17) is 21.1 Å². The van der Waals surface area contributed by atoms with Crippen molar-refractivity contribution < 1.29 is 14.3 Å². The summed E-state index contributed by atoms with van der Waals surface area (Å²) in [5, 5.41) is 2.09. The maximum Gasteiger partial charge on any atom is 0.308 e. The quantitative estimate of drug-likeness (QED) is 0.611. The number of pyridine rings is 2. The first kappa shape index (κ1) is 14.5. The third-order valence-corrected chi connectivity index (χ3v) is 4.40. The van der Waals surface area contributed by atoms with Crippen LogP contribution in [0.4, 0.5) is 0 Å². The minimum Gasteiger partial charge on any atom is -0.474 e. The highest BCUT2D eigenvalue weighted by Gasteiger charge is 2.37. The number of hydrogen-bond donors (Lipinski definition) is 0. The number of esters is 1. The average molecular weight is 372 g/mol. The van der Waals surface area contributed by atoms with Crippen LogP contribution < -0.4 is 4.74 Å². The normalized spacial score (nSPS) is 20.9. The molecule has 0 bridgehead atoms. The topological polar surface area (TPSA) is 61.3 Å². The molecular formula is C14H12BrClN2O3. The highest BCUT2D eigenvalue weighted by atomic mass is 79.9. The number of nitrogens with zero attached hydrogens (tertiary/aromatic N) is 2. The standard InChI is InChI=1S/C14H12BrClN2O3/c1-20-14(19)7-2-8(3-7)21-13-10-5-17-12(16)4-9(10)11(15)6-18-13/h4-8H,2-3H2,1H3. The molecule has 0 spiro atoms. The highest BCUT2D eigenvalue weighted by molar-refractivity contribution is 9.10. The van der Waals surface area contributed by atoms with Gasteiger partial charge in [0.15, 0.2) is 0 Å². The molecule has 21 heavy (non-hydrogen) atoms. The molecule has 0 N–H and O–H groups in total. The molecule has 0 amide bonds. The fraction of sp³-hybridized carbons (Fsp3) is 0.357. The van der Waals surface area contributed by atoms with Crippen LogP contribution in [0, 0.1) is 5.92 Å². The van der Waals surface area contributed by atoms with Crippen LogP contribution in [-0.2, 0) is 9.53 Å². The predicted molar refractivity (Wildman–Crippen MR) is 81.4 cm³/mol. The predicted octanol–water partition coefficient (Wildman–Crippen LogP) is 3.38. The molecule has 0 saturated heterocycles. The van der Waals surface area contributed by atoms with Gasteiger partial charge in [-0.15, -0.1) is 0 Å². The molecule has 7 heteroatoms. The van der Waals surface area contributed by atoms with Crippen LogP contribution in [-0.4, -0.2) is 29.2 Å². The van der Waals surface area contributed by atoms with E-state index in [9.17, 15) is 4.79 Å². The largest absolute Gasteiger partial charge is 0.474 e. The number of halogens is 2. The molecule has 1 aliphatic carbocycles. The Kier molecular flexibility index (Phi) is 3.99. The zero-order valence-electron chi connectivity index (χ0n) is 11.2. The Morgan fingerprint density at radius 2 is 2.10 bits per heavy atom. The van der Waals surface area contributed by atoms with Crippen LogP contribution in [0.15, 0.2) is 22.9 Å². The fourth-order valence-corrected chi connectivity index (χ4v) is 2.91. The van der Waals surface area contributed by atoms with Gasteiger partial charge in [0.25, 0.3) is 0 Å². The first-order valence-electron chi connectivity index (χ1n) is 6.42. The Bertz CT molecular complexity index is 704. The molecular weight excluding hydrogens is 360 g/mol. The van der Waals surface area contributed by atoms with Gasteiger partial charge in [0, 0.05) is 22.3 Å². The third kappa shape index (κ3) is 2.82.